The maximum absolute atomic E-state index is 14.2. The van der Waals surface area contributed by atoms with Crippen LogP contribution in [-0.2, 0) is 9.47 Å². The van der Waals surface area contributed by atoms with Crippen LogP contribution in [0, 0.1) is 11.6 Å². The first-order valence-electron chi connectivity index (χ1n) is 10.7. The van der Waals surface area contributed by atoms with E-state index in [1.807, 2.05) is 6.07 Å². The normalized spacial score (nSPS) is 23.5. The Morgan fingerprint density at radius 1 is 1.06 bits per heavy atom. The maximum Gasteiger partial charge on any atom is 0.327 e. The van der Waals surface area contributed by atoms with E-state index in [1.54, 1.807) is 18.2 Å². The van der Waals surface area contributed by atoms with Crippen LogP contribution in [0.15, 0.2) is 42.5 Å². The van der Waals surface area contributed by atoms with Gasteiger partial charge in [-0.3, -0.25) is 5.10 Å². The van der Waals surface area contributed by atoms with Crippen LogP contribution in [0.3, 0.4) is 0 Å². The molecule has 9 nitrogen and oxygen atoms in total. The van der Waals surface area contributed by atoms with Crippen molar-refractivity contribution in [1.29, 1.82) is 0 Å². The number of aliphatic hydroxyl groups is 1. The third kappa shape index (κ3) is 3.96. The van der Waals surface area contributed by atoms with Gasteiger partial charge in [0, 0.05) is 16.7 Å². The first-order valence-corrected chi connectivity index (χ1v) is 11.1. The molecule has 0 bridgehead atoms. The second kappa shape index (κ2) is 8.68. The lowest BCUT2D eigenvalue weighted by Crippen LogP contribution is -2.34. The maximum atomic E-state index is 14.2. The highest BCUT2D eigenvalue weighted by Gasteiger charge is 2.48. The Hall–Kier alpha value is -3.38. The summed E-state index contributed by atoms with van der Waals surface area (Å²) in [6.07, 6.45) is -2.38. The Labute approximate surface area is 201 Å². The number of fused-ring (bicyclic) bond motifs is 2. The van der Waals surface area contributed by atoms with Crippen molar-refractivity contribution in [2.45, 2.75) is 24.4 Å². The summed E-state index contributed by atoms with van der Waals surface area (Å²) in [7, 11) is 0. The minimum absolute atomic E-state index is 0.0652. The van der Waals surface area contributed by atoms with Gasteiger partial charge in [0.05, 0.1) is 18.9 Å². The van der Waals surface area contributed by atoms with Crippen LogP contribution >= 0.6 is 11.6 Å². The molecule has 4 atom stereocenters. The zero-order chi connectivity index (χ0) is 24.1. The van der Waals surface area contributed by atoms with Gasteiger partial charge in [0.25, 0.3) is 0 Å². The van der Waals surface area contributed by atoms with E-state index in [4.69, 9.17) is 30.5 Å². The summed E-state index contributed by atoms with van der Waals surface area (Å²) in [5.74, 6) is -1.88. The van der Waals surface area contributed by atoms with Crippen molar-refractivity contribution in [3.8, 4) is 28.9 Å². The zero-order valence-corrected chi connectivity index (χ0v) is 18.6. The Kier molecular flexibility index (Phi) is 5.49. The van der Waals surface area contributed by atoms with Crippen LogP contribution < -0.4 is 9.47 Å². The highest BCUT2D eigenvalue weighted by Crippen LogP contribution is 2.39. The number of benzene rings is 2. The van der Waals surface area contributed by atoms with Crippen molar-refractivity contribution in [2.24, 2.45) is 0 Å². The average Bonchev–Trinajstić information content (AvgIpc) is 3.53. The lowest BCUT2D eigenvalue weighted by atomic mass is 10.1. The van der Waals surface area contributed by atoms with E-state index in [9.17, 15) is 13.9 Å². The number of aromatic amines is 1. The first kappa shape index (κ1) is 22.1. The molecular weight excluding hydrogens is 486 g/mol. The van der Waals surface area contributed by atoms with Gasteiger partial charge in [0.2, 0.25) is 5.88 Å². The minimum Gasteiger partial charge on any atom is -0.468 e. The van der Waals surface area contributed by atoms with E-state index >= 15 is 0 Å². The number of aliphatic hydroxyl groups excluding tert-OH is 1. The molecule has 2 aromatic carbocycles. The summed E-state index contributed by atoms with van der Waals surface area (Å²) in [4.78, 5) is 8.61. The predicted molar refractivity (Wildman–Crippen MR) is 118 cm³/mol. The van der Waals surface area contributed by atoms with Gasteiger partial charge in [0.15, 0.2) is 23.3 Å². The molecule has 0 spiro atoms. The molecule has 0 radical (unpaired) electrons. The fourth-order valence-corrected chi connectivity index (χ4v) is 4.44. The van der Waals surface area contributed by atoms with Crippen molar-refractivity contribution < 1.29 is 32.8 Å². The quantitative estimate of drug-likeness (QED) is 0.425. The Bertz CT molecular complexity index is 1420. The molecule has 4 heterocycles. The van der Waals surface area contributed by atoms with Gasteiger partial charge >= 0.3 is 6.01 Å². The van der Waals surface area contributed by atoms with E-state index < -0.39 is 36.1 Å². The number of rotatable bonds is 5. The van der Waals surface area contributed by atoms with Gasteiger partial charge in [0.1, 0.15) is 29.5 Å². The number of nitrogens with zero attached hydrogens (tertiary/aromatic N) is 3. The van der Waals surface area contributed by atoms with Gasteiger partial charge in [-0.15, -0.1) is 0 Å². The summed E-state index contributed by atoms with van der Waals surface area (Å²) in [5, 5.41) is 18.1. The number of hydrogen-bond acceptors (Lipinski definition) is 8. The van der Waals surface area contributed by atoms with Crippen LogP contribution in [-0.4, -0.2) is 62.9 Å². The fourth-order valence-electron chi connectivity index (χ4n) is 4.21. The molecule has 2 N–H and O–H groups in total. The Morgan fingerprint density at radius 2 is 1.89 bits per heavy atom. The Morgan fingerprint density at radius 3 is 2.71 bits per heavy atom. The van der Waals surface area contributed by atoms with Crippen molar-refractivity contribution in [1.82, 2.24) is 20.2 Å². The summed E-state index contributed by atoms with van der Waals surface area (Å²) in [6.45, 7) is 0.281. The van der Waals surface area contributed by atoms with Crippen molar-refractivity contribution in [2.75, 3.05) is 13.2 Å². The van der Waals surface area contributed by atoms with Gasteiger partial charge in [-0.1, -0.05) is 29.8 Å². The molecule has 0 amide bonds. The standard InChI is InChI=1S/C23H17ClF2N4O5/c24-12-4-2-1-3-11(12)18-17-21(30-29-18)27-23(35-15-6-5-10(25)7-13(15)26)28-22(17)34-16-9-33-19-14(31)8-32-20(16)19/h1-7,14,16,19-20,31H,8-9H2,(H,27,28,29,30). The third-order valence-electron chi connectivity index (χ3n) is 5.84. The molecule has 180 valence electrons. The number of ether oxygens (including phenoxy) is 4. The lowest BCUT2D eigenvalue weighted by Gasteiger charge is -2.18. The largest absolute Gasteiger partial charge is 0.468 e. The molecule has 0 saturated carbocycles. The van der Waals surface area contributed by atoms with E-state index in [2.05, 4.69) is 20.2 Å². The minimum atomic E-state index is -0.921. The fraction of sp³-hybridized carbons (Fsp3) is 0.261. The average molecular weight is 503 g/mol. The van der Waals surface area contributed by atoms with Gasteiger partial charge in [-0.05, 0) is 18.2 Å². The predicted octanol–water partition coefficient (Wildman–Crippen LogP) is 3.65. The van der Waals surface area contributed by atoms with Crippen LogP contribution in [0.25, 0.3) is 22.3 Å². The third-order valence-corrected chi connectivity index (χ3v) is 6.17. The van der Waals surface area contributed by atoms with E-state index in [1.165, 1.54) is 0 Å². The zero-order valence-electron chi connectivity index (χ0n) is 17.8. The smallest absolute Gasteiger partial charge is 0.327 e. The number of aromatic nitrogens is 4. The second-order valence-corrected chi connectivity index (χ2v) is 8.49. The molecule has 4 unspecified atom stereocenters. The number of H-pyrrole nitrogens is 1. The number of nitrogens with one attached hydrogen (secondary N) is 1. The molecule has 2 aromatic heterocycles. The molecule has 2 saturated heterocycles. The monoisotopic (exact) mass is 502 g/mol. The summed E-state index contributed by atoms with van der Waals surface area (Å²) in [5.41, 5.74) is 1.31. The van der Waals surface area contributed by atoms with Crippen LogP contribution in [0.4, 0.5) is 8.78 Å². The molecule has 2 aliphatic heterocycles. The number of hydrogen-bond donors (Lipinski definition) is 2. The summed E-state index contributed by atoms with van der Waals surface area (Å²) < 4.78 is 50.5. The van der Waals surface area contributed by atoms with Crippen LogP contribution in [0.1, 0.15) is 0 Å². The SMILES string of the molecule is OC1COC2C(Oc3nc(Oc4ccc(F)cc4F)nc4n[nH]c(-c5ccccc5Cl)c34)COC12. The number of halogens is 3. The molecule has 35 heavy (non-hydrogen) atoms. The van der Waals surface area contributed by atoms with E-state index in [0.29, 0.717) is 27.7 Å². The van der Waals surface area contributed by atoms with Gasteiger partial charge in [-0.2, -0.15) is 15.1 Å². The van der Waals surface area contributed by atoms with E-state index in [0.717, 1.165) is 12.1 Å². The van der Waals surface area contributed by atoms with Crippen molar-refractivity contribution in [3.05, 3.63) is 59.1 Å². The van der Waals surface area contributed by atoms with Crippen molar-refractivity contribution in [3.63, 3.8) is 0 Å². The van der Waals surface area contributed by atoms with Crippen LogP contribution in [0.2, 0.25) is 5.02 Å². The highest BCUT2D eigenvalue weighted by molar-refractivity contribution is 6.33. The molecular formula is C23H17ClF2N4O5. The molecule has 4 aromatic rings. The van der Waals surface area contributed by atoms with E-state index in [-0.39, 0.29) is 36.5 Å². The summed E-state index contributed by atoms with van der Waals surface area (Å²) in [6, 6.07) is 9.73. The van der Waals surface area contributed by atoms with Crippen molar-refractivity contribution >= 4 is 22.6 Å². The van der Waals surface area contributed by atoms with Gasteiger partial charge < -0.3 is 24.1 Å². The molecule has 6 rings (SSSR count). The second-order valence-electron chi connectivity index (χ2n) is 8.08. The lowest BCUT2D eigenvalue weighted by molar-refractivity contribution is 0.00803. The first-order chi connectivity index (χ1) is 17.0. The molecule has 0 aliphatic carbocycles. The molecule has 2 aliphatic rings. The Balaban J connectivity index is 1.44. The molecule has 2 fully saturated rings. The summed E-state index contributed by atoms with van der Waals surface area (Å²) >= 11 is 6.40. The van der Waals surface area contributed by atoms with Gasteiger partial charge in [-0.25, -0.2) is 8.78 Å². The van der Waals surface area contributed by atoms with Crippen LogP contribution in [0.5, 0.6) is 17.6 Å². The molecule has 12 heteroatoms. The highest BCUT2D eigenvalue weighted by atomic mass is 35.5. The topological polar surface area (TPSA) is 112 Å².